The van der Waals surface area contributed by atoms with Crippen molar-refractivity contribution in [1.82, 2.24) is 10.4 Å². The van der Waals surface area contributed by atoms with Gasteiger partial charge in [-0.05, 0) is 18.2 Å². The van der Waals surface area contributed by atoms with Gasteiger partial charge in [0.1, 0.15) is 5.82 Å². The number of aromatic nitrogens is 1. The van der Waals surface area contributed by atoms with E-state index >= 15 is 0 Å². The fourth-order valence-electron chi connectivity index (χ4n) is 2.15. The second kappa shape index (κ2) is 5.40. The van der Waals surface area contributed by atoms with Gasteiger partial charge in [0.05, 0.1) is 5.71 Å². The first-order chi connectivity index (χ1) is 10.1. The third-order valence-electron chi connectivity index (χ3n) is 3.25. The van der Waals surface area contributed by atoms with Crippen LogP contribution in [0.5, 0.6) is 0 Å². The molecule has 4 nitrogen and oxygen atoms in total. The van der Waals surface area contributed by atoms with Crippen LogP contribution >= 0.6 is 0 Å². The number of hydrogen-bond donors (Lipinski definition) is 1. The maximum Gasteiger partial charge on any atom is 0.240 e. The van der Waals surface area contributed by atoms with Crippen molar-refractivity contribution in [3.63, 3.8) is 0 Å². The topological polar surface area (TPSA) is 54.4 Å². The molecule has 21 heavy (non-hydrogen) atoms. The molecule has 1 N–H and O–H groups in total. The van der Waals surface area contributed by atoms with Crippen LogP contribution in [0.4, 0.5) is 8.78 Å². The lowest BCUT2D eigenvalue weighted by atomic mass is 10.00. The molecule has 0 saturated heterocycles. The minimum Gasteiger partial charge on any atom is -0.273 e. The average molecular weight is 287 g/mol. The van der Waals surface area contributed by atoms with Gasteiger partial charge >= 0.3 is 0 Å². The Balaban J connectivity index is 1.93. The van der Waals surface area contributed by atoms with Crippen LogP contribution in [0, 0.1) is 11.8 Å². The van der Waals surface area contributed by atoms with Crippen molar-refractivity contribution in [1.29, 1.82) is 0 Å². The molecular formula is C15H11F2N3O. The molecule has 0 radical (unpaired) electrons. The minimum atomic E-state index is -0.608. The van der Waals surface area contributed by atoms with Crippen molar-refractivity contribution in [2.24, 2.45) is 5.10 Å². The third kappa shape index (κ3) is 2.79. The molecule has 106 valence electrons. The van der Waals surface area contributed by atoms with Crippen molar-refractivity contribution in [2.75, 3.05) is 0 Å². The molecule has 1 amide bonds. The highest BCUT2D eigenvalue weighted by Crippen LogP contribution is 2.24. The molecule has 3 rings (SSSR count). The van der Waals surface area contributed by atoms with Gasteiger partial charge in [-0.15, -0.1) is 0 Å². The summed E-state index contributed by atoms with van der Waals surface area (Å²) in [6.45, 7) is 0. The summed E-state index contributed by atoms with van der Waals surface area (Å²) in [7, 11) is 0. The van der Waals surface area contributed by atoms with E-state index in [9.17, 15) is 13.6 Å². The Hall–Kier alpha value is -2.63. The largest absolute Gasteiger partial charge is 0.273 e. The summed E-state index contributed by atoms with van der Waals surface area (Å²) < 4.78 is 27.0. The first-order valence-corrected chi connectivity index (χ1v) is 6.41. The summed E-state index contributed by atoms with van der Waals surface area (Å²) in [5, 5.41) is 3.92. The summed E-state index contributed by atoms with van der Waals surface area (Å²) >= 11 is 0. The van der Waals surface area contributed by atoms with Crippen molar-refractivity contribution in [3.05, 3.63) is 53.9 Å². The van der Waals surface area contributed by atoms with Gasteiger partial charge < -0.3 is 0 Å². The number of carbonyl (C=O) groups excluding carboxylic acids is 1. The maximum atomic E-state index is 14.2. The Morgan fingerprint density at radius 3 is 2.48 bits per heavy atom. The lowest BCUT2D eigenvalue weighted by molar-refractivity contribution is -0.121. The summed E-state index contributed by atoms with van der Waals surface area (Å²) in [6.07, 6.45) is 2.10. The number of nitrogens with one attached hydrogen (secondary N) is 1. The van der Waals surface area contributed by atoms with E-state index in [0.29, 0.717) is 35.2 Å². The summed E-state index contributed by atoms with van der Waals surface area (Å²) in [4.78, 5) is 14.6. The zero-order valence-electron chi connectivity index (χ0n) is 10.9. The molecule has 0 atom stereocenters. The van der Waals surface area contributed by atoms with Crippen molar-refractivity contribution in [3.8, 4) is 11.1 Å². The smallest absolute Gasteiger partial charge is 0.240 e. The zero-order valence-corrected chi connectivity index (χ0v) is 10.9. The van der Waals surface area contributed by atoms with Crippen LogP contribution < -0.4 is 5.43 Å². The van der Waals surface area contributed by atoms with Crippen molar-refractivity contribution < 1.29 is 13.6 Å². The van der Waals surface area contributed by atoms with Gasteiger partial charge in [-0.25, -0.2) is 14.8 Å². The van der Waals surface area contributed by atoms with Gasteiger partial charge in [0, 0.05) is 35.7 Å². The molecule has 0 saturated carbocycles. The molecule has 0 unspecified atom stereocenters. The van der Waals surface area contributed by atoms with E-state index in [1.165, 1.54) is 24.4 Å². The first kappa shape index (κ1) is 13.4. The molecule has 0 aliphatic carbocycles. The molecule has 0 spiro atoms. The number of halogens is 2. The predicted octanol–water partition coefficient (Wildman–Crippen LogP) is 2.64. The van der Waals surface area contributed by atoms with Crippen molar-refractivity contribution in [2.45, 2.75) is 12.8 Å². The van der Waals surface area contributed by atoms with E-state index < -0.39 is 11.8 Å². The molecule has 1 aromatic carbocycles. The lowest BCUT2D eigenvalue weighted by Gasteiger charge is -2.13. The standard InChI is InChI=1S/C15H11F2N3O/c16-12-7-9(13-4-6-15(21)20-19-13)1-3-11(12)10-2-5-14(17)18-8-10/h1-3,5,7-8H,4,6H2,(H,20,21). The normalized spacial score (nSPS) is 14.6. The number of rotatable bonds is 2. The van der Waals surface area contributed by atoms with Gasteiger partial charge in [0.25, 0.3) is 0 Å². The van der Waals surface area contributed by atoms with Crippen LogP contribution in [0.25, 0.3) is 11.1 Å². The number of hydrogen-bond acceptors (Lipinski definition) is 3. The average Bonchev–Trinajstić information content (AvgIpc) is 2.49. The Labute approximate surface area is 119 Å². The van der Waals surface area contributed by atoms with Crippen LogP contribution in [0.2, 0.25) is 0 Å². The zero-order chi connectivity index (χ0) is 14.8. The number of benzene rings is 1. The molecule has 0 bridgehead atoms. The molecule has 1 aliphatic rings. The van der Waals surface area contributed by atoms with Gasteiger partial charge in [0.15, 0.2) is 0 Å². The van der Waals surface area contributed by atoms with E-state index in [0.717, 1.165) is 0 Å². The Morgan fingerprint density at radius 2 is 1.86 bits per heavy atom. The second-order valence-electron chi connectivity index (χ2n) is 4.66. The molecule has 1 aromatic heterocycles. The lowest BCUT2D eigenvalue weighted by Crippen LogP contribution is -2.25. The maximum absolute atomic E-state index is 14.2. The molecule has 6 heteroatoms. The molecule has 0 fully saturated rings. The third-order valence-corrected chi connectivity index (χ3v) is 3.25. The SMILES string of the molecule is O=C1CCC(c2ccc(-c3ccc(F)nc3)c(F)c2)=NN1. The molecular weight excluding hydrogens is 276 g/mol. The molecule has 2 heterocycles. The van der Waals surface area contributed by atoms with E-state index in [1.807, 2.05) is 0 Å². The van der Waals surface area contributed by atoms with E-state index in [4.69, 9.17) is 0 Å². The highest BCUT2D eigenvalue weighted by Gasteiger charge is 2.15. The van der Waals surface area contributed by atoms with Gasteiger partial charge in [-0.3, -0.25) is 4.79 Å². The minimum absolute atomic E-state index is 0.145. The highest BCUT2D eigenvalue weighted by atomic mass is 19.1. The van der Waals surface area contributed by atoms with E-state index in [1.54, 1.807) is 12.1 Å². The van der Waals surface area contributed by atoms with Crippen molar-refractivity contribution >= 4 is 11.6 Å². The quantitative estimate of drug-likeness (QED) is 0.863. The molecule has 1 aliphatic heterocycles. The van der Waals surface area contributed by atoms with Crippen LogP contribution in [0.3, 0.4) is 0 Å². The number of pyridine rings is 1. The van der Waals surface area contributed by atoms with Crippen LogP contribution in [-0.4, -0.2) is 16.6 Å². The highest BCUT2D eigenvalue weighted by molar-refractivity contribution is 6.04. The summed E-state index contributed by atoms with van der Waals surface area (Å²) in [5.41, 5.74) is 4.47. The summed E-state index contributed by atoms with van der Waals surface area (Å²) in [6, 6.07) is 7.33. The predicted molar refractivity (Wildman–Crippen MR) is 73.5 cm³/mol. The first-order valence-electron chi connectivity index (χ1n) is 6.41. The Morgan fingerprint density at radius 1 is 1.05 bits per heavy atom. The van der Waals surface area contributed by atoms with Crippen LogP contribution in [0.1, 0.15) is 18.4 Å². The Bertz CT molecular complexity index is 726. The fourth-order valence-corrected chi connectivity index (χ4v) is 2.15. The van der Waals surface area contributed by atoms with E-state index in [-0.39, 0.29) is 5.91 Å². The monoisotopic (exact) mass is 287 g/mol. The Kier molecular flexibility index (Phi) is 3.43. The van der Waals surface area contributed by atoms with Crippen LogP contribution in [-0.2, 0) is 4.79 Å². The molecule has 2 aromatic rings. The number of amides is 1. The number of hydrazone groups is 1. The van der Waals surface area contributed by atoms with Gasteiger partial charge in [-0.2, -0.15) is 9.49 Å². The second-order valence-corrected chi connectivity index (χ2v) is 4.66. The van der Waals surface area contributed by atoms with Gasteiger partial charge in [-0.1, -0.05) is 12.1 Å². The fraction of sp³-hybridized carbons (Fsp3) is 0.133. The summed E-state index contributed by atoms with van der Waals surface area (Å²) in [5.74, 6) is -1.20. The van der Waals surface area contributed by atoms with E-state index in [2.05, 4.69) is 15.5 Å². The number of carbonyl (C=O) groups is 1. The van der Waals surface area contributed by atoms with Crippen LogP contribution in [0.15, 0.2) is 41.6 Å². The number of nitrogens with zero attached hydrogens (tertiary/aromatic N) is 2. The van der Waals surface area contributed by atoms with Gasteiger partial charge in [0.2, 0.25) is 11.9 Å².